The molecule has 1 fully saturated rings. The third kappa shape index (κ3) is 3.25. The second kappa shape index (κ2) is 6.33. The van der Waals surface area contributed by atoms with Crippen LogP contribution in [0.15, 0.2) is 46.7 Å². The van der Waals surface area contributed by atoms with Crippen LogP contribution in [-0.4, -0.2) is 44.7 Å². The summed E-state index contributed by atoms with van der Waals surface area (Å²) in [6.45, 7) is 0.525. The van der Waals surface area contributed by atoms with Crippen LogP contribution in [0.2, 0.25) is 0 Å². The van der Waals surface area contributed by atoms with E-state index in [1.54, 1.807) is 29.2 Å². The molecule has 0 spiro atoms. The van der Waals surface area contributed by atoms with Crippen molar-refractivity contribution in [1.29, 1.82) is 0 Å². The molecular weight excluding hydrogens is 334 g/mol. The molecule has 3 rings (SSSR count). The van der Waals surface area contributed by atoms with E-state index in [1.165, 1.54) is 18.4 Å². The number of hydrogen-bond acceptors (Lipinski definition) is 5. The van der Waals surface area contributed by atoms with Gasteiger partial charge in [0.25, 0.3) is 0 Å². The quantitative estimate of drug-likeness (QED) is 0.826. The lowest BCUT2D eigenvalue weighted by atomic mass is 10.2. The van der Waals surface area contributed by atoms with Gasteiger partial charge < -0.3 is 9.64 Å². The van der Waals surface area contributed by atoms with Crippen molar-refractivity contribution in [3.8, 4) is 5.75 Å². The van der Waals surface area contributed by atoms with Crippen LogP contribution in [0.3, 0.4) is 0 Å². The summed E-state index contributed by atoms with van der Waals surface area (Å²) in [7, 11) is -1.87. The van der Waals surface area contributed by atoms with Crippen LogP contribution >= 0.6 is 11.3 Å². The van der Waals surface area contributed by atoms with Gasteiger partial charge in [-0.3, -0.25) is 4.79 Å². The first-order valence-electron chi connectivity index (χ1n) is 7.19. The molecule has 122 valence electrons. The Hall–Kier alpha value is -1.86. The summed E-state index contributed by atoms with van der Waals surface area (Å²) in [6, 6.07) is 10.2. The van der Waals surface area contributed by atoms with Crippen molar-refractivity contribution in [2.45, 2.75) is 16.6 Å². The number of benzene rings is 1. The Morgan fingerprint density at radius 3 is 2.52 bits per heavy atom. The minimum atomic E-state index is -3.40. The van der Waals surface area contributed by atoms with Gasteiger partial charge in [-0.25, -0.2) is 8.42 Å². The molecule has 1 aromatic carbocycles. The number of hydrogen-bond donors (Lipinski definition) is 0. The van der Waals surface area contributed by atoms with E-state index in [0.29, 0.717) is 12.2 Å². The van der Waals surface area contributed by atoms with Crippen LogP contribution in [0.25, 0.3) is 0 Å². The topological polar surface area (TPSA) is 63.7 Å². The number of nitrogens with zero attached hydrogens (tertiary/aromatic N) is 1. The molecule has 1 amide bonds. The number of thiophene rings is 1. The van der Waals surface area contributed by atoms with E-state index in [9.17, 15) is 13.2 Å². The van der Waals surface area contributed by atoms with Gasteiger partial charge in [-0.2, -0.15) is 0 Å². The van der Waals surface area contributed by atoms with E-state index in [1.807, 2.05) is 17.5 Å². The summed E-state index contributed by atoms with van der Waals surface area (Å²) in [4.78, 5) is 15.0. The summed E-state index contributed by atoms with van der Waals surface area (Å²) < 4.78 is 30.1. The molecule has 0 unspecified atom stereocenters. The zero-order valence-corrected chi connectivity index (χ0v) is 14.3. The number of carbonyl (C=O) groups is 1. The maximum absolute atomic E-state index is 12.5. The lowest BCUT2D eigenvalue weighted by molar-refractivity contribution is -0.133. The Labute approximate surface area is 139 Å². The fraction of sp³-hybridized carbons (Fsp3) is 0.312. The first-order chi connectivity index (χ1) is 11.0. The summed E-state index contributed by atoms with van der Waals surface area (Å²) in [5.41, 5.74) is 0. The minimum absolute atomic E-state index is 0.0198. The molecule has 0 radical (unpaired) electrons. The van der Waals surface area contributed by atoms with Crippen molar-refractivity contribution in [2.75, 3.05) is 20.2 Å². The van der Waals surface area contributed by atoms with E-state index >= 15 is 0 Å². The van der Waals surface area contributed by atoms with Gasteiger partial charge in [-0.1, -0.05) is 6.07 Å². The maximum Gasteiger partial charge on any atom is 0.227 e. The molecular formula is C16H17NO4S2. The van der Waals surface area contributed by atoms with Crippen molar-refractivity contribution < 1.29 is 17.9 Å². The molecule has 1 aliphatic rings. The predicted octanol–water partition coefficient (Wildman–Crippen LogP) is 1.98. The Bertz CT molecular complexity index is 776. The predicted molar refractivity (Wildman–Crippen MR) is 88.6 cm³/mol. The van der Waals surface area contributed by atoms with Crippen LogP contribution in [0.5, 0.6) is 5.75 Å². The summed E-state index contributed by atoms with van der Waals surface area (Å²) in [5, 5.41) is 1.40. The largest absolute Gasteiger partial charge is 0.497 e. The average Bonchev–Trinajstić information content (AvgIpc) is 2.98. The summed E-state index contributed by atoms with van der Waals surface area (Å²) in [5.74, 6) is 0.596. The number of likely N-dealkylation sites (tertiary alicyclic amines) is 1. The fourth-order valence-corrected chi connectivity index (χ4v) is 4.82. The third-order valence-corrected chi connectivity index (χ3v) is 6.91. The van der Waals surface area contributed by atoms with Crippen molar-refractivity contribution in [3.05, 3.63) is 46.7 Å². The van der Waals surface area contributed by atoms with Gasteiger partial charge in [-0.05, 0) is 35.7 Å². The molecule has 7 heteroatoms. The van der Waals surface area contributed by atoms with Crippen molar-refractivity contribution in [2.24, 2.45) is 0 Å². The third-order valence-electron chi connectivity index (χ3n) is 3.93. The molecule has 0 atom stereocenters. The Kier molecular flexibility index (Phi) is 4.41. The van der Waals surface area contributed by atoms with Gasteiger partial charge in [0.2, 0.25) is 5.91 Å². The minimum Gasteiger partial charge on any atom is -0.497 e. The zero-order chi connectivity index (χ0) is 16.4. The number of sulfone groups is 1. The monoisotopic (exact) mass is 351 g/mol. The van der Waals surface area contributed by atoms with E-state index < -0.39 is 15.1 Å². The lowest BCUT2D eigenvalue weighted by Crippen LogP contribution is -2.57. The van der Waals surface area contributed by atoms with Gasteiger partial charge in [-0.15, -0.1) is 11.3 Å². The average molecular weight is 351 g/mol. The van der Waals surface area contributed by atoms with Crippen molar-refractivity contribution >= 4 is 27.1 Å². The highest BCUT2D eigenvalue weighted by Crippen LogP contribution is 2.26. The first-order valence-corrected chi connectivity index (χ1v) is 9.61. The standard InChI is InChI=1S/C16H17NO4S2/c1-21-12-4-6-14(7-5-12)23(19,20)15-10-17(11-15)16(18)9-13-3-2-8-22-13/h2-8,15H,9-11H2,1H3. The van der Waals surface area contributed by atoms with Gasteiger partial charge in [0, 0.05) is 18.0 Å². The number of amides is 1. The molecule has 0 saturated carbocycles. The molecule has 1 saturated heterocycles. The summed E-state index contributed by atoms with van der Waals surface area (Å²) in [6.07, 6.45) is 0.340. The molecule has 0 bridgehead atoms. The normalized spacial score (nSPS) is 15.3. The fourth-order valence-electron chi connectivity index (χ4n) is 2.47. The second-order valence-electron chi connectivity index (χ2n) is 5.40. The molecule has 1 aliphatic heterocycles. The number of ether oxygens (including phenoxy) is 1. The van der Waals surface area contributed by atoms with Gasteiger partial charge in [0.1, 0.15) is 11.0 Å². The highest BCUT2D eigenvalue weighted by molar-refractivity contribution is 7.92. The number of rotatable bonds is 5. The van der Waals surface area contributed by atoms with E-state index in [-0.39, 0.29) is 23.9 Å². The van der Waals surface area contributed by atoms with Crippen molar-refractivity contribution in [1.82, 2.24) is 4.90 Å². The van der Waals surface area contributed by atoms with E-state index in [2.05, 4.69) is 0 Å². The van der Waals surface area contributed by atoms with Gasteiger partial charge in [0.15, 0.2) is 9.84 Å². The lowest BCUT2D eigenvalue weighted by Gasteiger charge is -2.38. The van der Waals surface area contributed by atoms with Crippen LogP contribution < -0.4 is 4.74 Å². The zero-order valence-electron chi connectivity index (χ0n) is 12.6. The Balaban J connectivity index is 1.62. The second-order valence-corrected chi connectivity index (χ2v) is 8.66. The number of methoxy groups -OCH3 is 1. The van der Waals surface area contributed by atoms with Crippen molar-refractivity contribution in [3.63, 3.8) is 0 Å². The molecule has 0 N–H and O–H groups in total. The van der Waals surface area contributed by atoms with Gasteiger partial charge >= 0.3 is 0 Å². The molecule has 23 heavy (non-hydrogen) atoms. The number of carbonyl (C=O) groups excluding carboxylic acids is 1. The SMILES string of the molecule is COc1ccc(S(=O)(=O)C2CN(C(=O)Cc3cccs3)C2)cc1. The highest BCUT2D eigenvalue weighted by atomic mass is 32.2. The Morgan fingerprint density at radius 2 is 1.96 bits per heavy atom. The first kappa shape index (κ1) is 16.0. The maximum atomic E-state index is 12.5. The Morgan fingerprint density at radius 1 is 1.26 bits per heavy atom. The molecule has 5 nitrogen and oxygen atoms in total. The van der Waals surface area contributed by atoms with Crippen LogP contribution in [0.1, 0.15) is 4.88 Å². The van der Waals surface area contributed by atoms with Crippen LogP contribution in [-0.2, 0) is 21.1 Å². The van der Waals surface area contributed by atoms with Crippen LogP contribution in [0.4, 0.5) is 0 Å². The molecule has 0 aliphatic carbocycles. The summed E-state index contributed by atoms with van der Waals surface area (Å²) >= 11 is 1.53. The molecule has 1 aromatic heterocycles. The highest BCUT2D eigenvalue weighted by Gasteiger charge is 2.40. The van der Waals surface area contributed by atoms with E-state index in [4.69, 9.17) is 4.74 Å². The smallest absolute Gasteiger partial charge is 0.227 e. The van der Waals surface area contributed by atoms with Crippen LogP contribution in [0, 0.1) is 0 Å². The van der Waals surface area contributed by atoms with Gasteiger partial charge in [0.05, 0.1) is 18.4 Å². The molecule has 2 heterocycles. The van der Waals surface area contributed by atoms with E-state index in [0.717, 1.165) is 4.88 Å². The molecule has 2 aromatic rings.